The number of carbonyl (C=O) groups is 2. The minimum atomic E-state index is -1.12. The standard InChI is InChI=1S/C19H22N2O4.Na/c1-13(22)21-16-7-3-14(4-8-16)12-20-18(11-19(23)24)15-5-9-17(25-2)10-6-15;/h3-10,18,20H,11-12H2,1-2H3,(H,21,22)(H,23,24);/q;+1/p-1. The number of ether oxygens (including phenoxy) is 1. The Hall–Kier alpha value is -1.86. The van der Waals surface area contributed by atoms with Crippen LogP contribution in [0.2, 0.25) is 0 Å². The molecule has 0 saturated heterocycles. The zero-order valence-electron chi connectivity index (χ0n) is 15.2. The summed E-state index contributed by atoms with van der Waals surface area (Å²) in [5.74, 6) is -0.529. The summed E-state index contributed by atoms with van der Waals surface area (Å²) in [4.78, 5) is 22.1. The summed E-state index contributed by atoms with van der Waals surface area (Å²) in [7, 11) is 1.58. The van der Waals surface area contributed by atoms with Gasteiger partial charge in [0, 0.05) is 37.6 Å². The fourth-order valence-electron chi connectivity index (χ4n) is 2.46. The summed E-state index contributed by atoms with van der Waals surface area (Å²) < 4.78 is 5.12. The number of aliphatic carboxylic acids is 1. The molecule has 1 amide bonds. The van der Waals surface area contributed by atoms with Crippen molar-refractivity contribution in [2.45, 2.75) is 25.9 Å². The molecule has 0 fully saturated rings. The molecule has 0 saturated carbocycles. The number of hydrogen-bond acceptors (Lipinski definition) is 5. The molecule has 1 atom stereocenters. The predicted octanol–water partition coefficient (Wildman–Crippen LogP) is -1.37. The first-order chi connectivity index (χ1) is 12.0. The second kappa shape index (κ2) is 11.0. The molecule has 0 spiro atoms. The van der Waals surface area contributed by atoms with Gasteiger partial charge in [0.25, 0.3) is 0 Å². The summed E-state index contributed by atoms with van der Waals surface area (Å²) >= 11 is 0. The number of carbonyl (C=O) groups excluding carboxylic acids is 2. The van der Waals surface area contributed by atoms with Crippen molar-refractivity contribution < 1.29 is 49.0 Å². The Bertz CT molecular complexity index is 717. The van der Waals surface area contributed by atoms with Crippen LogP contribution in [0, 0.1) is 0 Å². The van der Waals surface area contributed by atoms with Crippen LogP contribution in [0.25, 0.3) is 0 Å². The fourth-order valence-corrected chi connectivity index (χ4v) is 2.46. The maximum atomic E-state index is 11.0. The zero-order valence-corrected chi connectivity index (χ0v) is 17.2. The number of hydrogen-bond donors (Lipinski definition) is 2. The minimum Gasteiger partial charge on any atom is -0.550 e. The molecule has 0 heterocycles. The molecule has 0 bridgehead atoms. The van der Waals surface area contributed by atoms with Crippen molar-refractivity contribution in [2.75, 3.05) is 12.4 Å². The molecule has 2 N–H and O–H groups in total. The van der Waals surface area contributed by atoms with Gasteiger partial charge in [-0.2, -0.15) is 0 Å². The van der Waals surface area contributed by atoms with Gasteiger partial charge >= 0.3 is 29.6 Å². The maximum absolute atomic E-state index is 11.0. The van der Waals surface area contributed by atoms with Crippen molar-refractivity contribution in [3.63, 3.8) is 0 Å². The van der Waals surface area contributed by atoms with Crippen LogP contribution in [-0.2, 0) is 16.1 Å². The van der Waals surface area contributed by atoms with Gasteiger partial charge in [-0.1, -0.05) is 24.3 Å². The molecular formula is C19H21N2NaO4. The average molecular weight is 364 g/mol. The predicted molar refractivity (Wildman–Crippen MR) is 92.9 cm³/mol. The SMILES string of the molecule is COc1ccc(C(CC(=O)[O-])NCc2ccc(NC(C)=O)cc2)cc1.[Na+]. The fraction of sp³-hybridized carbons (Fsp3) is 0.263. The van der Waals surface area contributed by atoms with Gasteiger partial charge in [0.2, 0.25) is 5.91 Å². The molecule has 0 aliphatic heterocycles. The third kappa shape index (κ3) is 7.17. The molecule has 2 aromatic rings. The van der Waals surface area contributed by atoms with Crippen LogP contribution >= 0.6 is 0 Å². The van der Waals surface area contributed by atoms with Crippen LogP contribution in [-0.4, -0.2) is 19.0 Å². The first-order valence-corrected chi connectivity index (χ1v) is 7.91. The van der Waals surface area contributed by atoms with Gasteiger partial charge in [0.15, 0.2) is 0 Å². The summed E-state index contributed by atoms with van der Waals surface area (Å²) in [5.41, 5.74) is 2.54. The van der Waals surface area contributed by atoms with Crippen LogP contribution < -0.4 is 50.0 Å². The van der Waals surface area contributed by atoms with Crippen molar-refractivity contribution in [2.24, 2.45) is 0 Å². The number of amides is 1. The Kier molecular flexibility index (Phi) is 9.37. The Morgan fingerprint density at radius 2 is 1.69 bits per heavy atom. The van der Waals surface area contributed by atoms with Crippen LogP contribution in [0.15, 0.2) is 48.5 Å². The van der Waals surface area contributed by atoms with Crippen LogP contribution in [0.1, 0.15) is 30.5 Å². The zero-order chi connectivity index (χ0) is 18.2. The molecule has 7 heteroatoms. The van der Waals surface area contributed by atoms with Crippen LogP contribution in [0.4, 0.5) is 5.69 Å². The Balaban J connectivity index is 0.00000338. The number of anilines is 1. The number of benzene rings is 2. The normalized spacial score (nSPS) is 11.2. The molecule has 2 aromatic carbocycles. The molecule has 1 unspecified atom stereocenters. The van der Waals surface area contributed by atoms with E-state index >= 15 is 0 Å². The molecule has 6 nitrogen and oxygen atoms in total. The van der Waals surface area contributed by atoms with Crippen LogP contribution in [0.3, 0.4) is 0 Å². The number of rotatable bonds is 8. The summed E-state index contributed by atoms with van der Waals surface area (Å²) in [6.45, 7) is 1.94. The Labute approximate surface area is 175 Å². The van der Waals surface area contributed by atoms with Gasteiger partial charge < -0.3 is 25.3 Å². The van der Waals surface area contributed by atoms with Crippen molar-refractivity contribution in [3.8, 4) is 5.75 Å². The monoisotopic (exact) mass is 364 g/mol. The molecule has 0 aliphatic carbocycles. The van der Waals surface area contributed by atoms with Gasteiger partial charge in [-0.3, -0.25) is 4.79 Å². The maximum Gasteiger partial charge on any atom is 1.00 e. The van der Waals surface area contributed by atoms with Gasteiger partial charge in [-0.25, -0.2) is 0 Å². The summed E-state index contributed by atoms with van der Waals surface area (Å²) in [5, 5.41) is 17.0. The number of nitrogens with one attached hydrogen (secondary N) is 2. The van der Waals surface area contributed by atoms with E-state index in [-0.39, 0.29) is 47.9 Å². The minimum absolute atomic E-state index is 0. The van der Waals surface area contributed by atoms with E-state index in [1.807, 2.05) is 24.3 Å². The van der Waals surface area contributed by atoms with E-state index < -0.39 is 5.97 Å². The average Bonchev–Trinajstić information content (AvgIpc) is 2.59. The van der Waals surface area contributed by atoms with E-state index in [9.17, 15) is 14.7 Å². The Morgan fingerprint density at radius 3 is 2.19 bits per heavy atom. The largest absolute Gasteiger partial charge is 1.00 e. The quantitative estimate of drug-likeness (QED) is 0.564. The van der Waals surface area contributed by atoms with E-state index in [2.05, 4.69) is 10.6 Å². The topological polar surface area (TPSA) is 90.5 Å². The number of carboxylic acid groups (broad SMARTS) is 1. The van der Waals surface area contributed by atoms with E-state index in [1.54, 1.807) is 31.4 Å². The molecule has 2 rings (SSSR count). The Morgan fingerprint density at radius 1 is 1.08 bits per heavy atom. The number of carboxylic acids is 1. The van der Waals surface area contributed by atoms with Gasteiger partial charge in [0.05, 0.1) is 7.11 Å². The molecule has 0 aromatic heterocycles. The van der Waals surface area contributed by atoms with Crippen LogP contribution in [0.5, 0.6) is 5.75 Å². The first kappa shape index (κ1) is 22.2. The van der Waals surface area contributed by atoms with E-state index in [0.29, 0.717) is 12.3 Å². The second-order valence-corrected chi connectivity index (χ2v) is 5.66. The first-order valence-electron chi connectivity index (χ1n) is 7.91. The van der Waals surface area contributed by atoms with Crippen molar-refractivity contribution in [3.05, 3.63) is 59.7 Å². The third-order valence-electron chi connectivity index (χ3n) is 3.72. The molecule has 26 heavy (non-hydrogen) atoms. The summed E-state index contributed by atoms with van der Waals surface area (Å²) in [6, 6.07) is 14.2. The van der Waals surface area contributed by atoms with Gasteiger partial charge in [0.1, 0.15) is 5.75 Å². The van der Waals surface area contributed by atoms with Crippen molar-refractivity contribution >= 4 is 17.6 Å². The molecular weight excluding hydrogens is 343 g/mol. The van der Waals surface area contributed by atoms with Gasteiger partial charge in [-0.05, 0) is 35.4 Å². The van der Waals surface area contributed by atoms with E-state index in [0.717, 1.165) is 16.8 Å². The van der Waals surface area contributed by atoms with Gasteiger partial charge in [-0.15, -0.1) is 0 Å². The second-order valence-electron chi connectivity index (χ2n) is 5.66. The van der Waals surface area contributed by atoms with E-state index in [4.69, 9.17) is 4.74 Å². The van der Waals surface area contributed by atoms with E-state index in [1.165, 1.54) is 6.92 Å². The molecule has 0 aliphatic rings. The molecule has 0 radical (unpaired) electrons. The smallest absolute Gasteiger partial charge is 0.550 e. The third-order valence-corrected chi connectivity index (χ3v) is 3.72. The van der Waals surface area contributed by atoms with Crippen molar-refractivity contribution in [1.82, 2.24) is 5.32 Å². The molecule has 132 valence electrons. The number of methoxy groups -OCH3 is 1. The summed E-state index contributed by atoms with van der Waals surface area (Å²) in [6.07, 6.45) is -0.129. The van der Waals surface area contributed by atoms with Crippen molar-refractivity contribution in [1.29, 1.82) is 0 Å².